The summed E-state index contributed by atoms with van der Waals surface area (Å²) >= 11 is 0. The van der Waals surface area contributed by atoms with Gasteiger partial charge in [-0.1, -0.05) is 18.2 Å². The van der Waals surface area contributed by atoms with Crippen molar-refractivity contribution in [2.45, 2.75) is 9.99 Å². The molecule has 2 aromatic rings. The standard InChI is InChI=1S/C14H10O7S/c15-10(8-11(16)14(17)18)12-6-7-13(21-12)22(19,20)9-4-2-1-3-5-9/h1-8,16H,(H,17,18)/b11-8-. The van der Waals surface area contributed by atoms with Crippen molar-refractivity contribution in [2.75, 3.05) is 0 Å². The number of aliphatic hydroxyl groups excluding tert-OH is 1. The molecule has 0 aliphatic carbocycles. The number of carbonyl (C=O) groups excluding carboxylic acids is 1. The number of carboxylic acid groups (broad SMARTS) is 1. The minimum absolute atomic E-state index is 0.00715. The molecular weight excluding hydrogens is 312 g/mol. The van der Waals surface area contributed by atoms with Gasteiger partial charge in [-0.3, -0.25) is 4.79 Å². The van der Waals surface area contributed by atoms with Crippen LogP contribution in [0.3, 0.4) is 0 Å². The Morgan fingerprint density at radius 3 is 2.23 bits per heavy atom. The van der Waals surface area contributed by atoms with Gasteiger partial charge in [-0.05, 0) is 24.3 Å². The van der Waals surface area contributed by atoms with Crippen LogP contribution in [-0.4, -0.2) is 30.4 Å². The minimum Gasteiger partial charge on any atom is -0.502 e. The fourth-order valence-corrected chi connectivity index (χ4v) is 2.76. The lowest BCUT2D eigenvalue weighted by atomic mass is 10.2. The molecule has 0 saturated heterocycles. The average Bonchev–Trinajstić information content (AvgIpc) is 2.98. The van der Waals surface area contributed by atoms with E-state index in [1.54, 1.807) is 6.07 Å². The SMILES string of the molecule is O=C(O)/C(O)=C/C(=O)c1ccc(S(=O)(=O)c2ccccc2)o1. The lowest BCUT2D eigenvalue weighted by Gasteiger charge is -2.00. The van der Waals surface area contributed by atoms with Gasteiger partial charge in [0.15, 0.2) is 5.76 Å². The highest BCUT2D eigenvalue weighted by atomic mass is 32.2. The maximum absolute atomic E-state index is 12.2. The molecule has 0 spiro atoms. The van der Waals surface area contributed by atoms with Crippen molar-refractivity contribution in [1.29, 1.82) is 0 Å². The number of hydrogen-bond acceptors (Lipinski definition) is 6. The molecule has 2 N–H and O–H groups in total. The molecule has 114 valence electrons. The summed E-state index contributed by atoms with van der Waals surface area (Å²) in [7, 11) is -3.91. The molecule has 0 amide bonds. The Hall–Kier alpha value is -2.87. The highest BCUT2D eigenvalue weighted by molar-refractivity contribution is 7.91. The number of aliphatic hydroxyl groups is 1. The van der Waals surface area contributed by atoms with Crippen LogP contribution in [0.15, 0.2) is 68.7 Å². The highest BCUT2D eigenvalue weighted by Crippen LogP contribution is 2.23. The largest absolute Gasteiger partial charge is 0.502 e. The van der Waals surface area contributed by atoms with E-state index >= 15 is 0 Å². The van der Waals surface area contributed by atoms with Gasteiger partial charge in [0, 0.05) is 6.08 Å². The zero-order valence-corrected chi connectivity index (χ0v) is 11.8. The molecule has 7 nitrogen and oxygen atoms in total. The Kier molecular flexibility index (Phi) is 4.13. The van der Waals surface area contributed by atoms with Crippen LogP contribution in [0.25, 0.3) is 0 Å². The van der Waals surface area contributed by atoms with Crippen molar-refractivity contribution in [3.8, 4) is 0 Å². The topological polar surface area (TPSA) is 122 Å². The van der Waals surface area contributed by atoms with E-state index in [1.165, 1.54) is 24.3 Å². The summed E-state index contributed by atoms with van der Waals surface area (Å²) in [6.07, 6.45) is 0.431. The number of furan rings is 1. The lowest BCUT2D eigenvalue weighted by molar-refractivity contribution is -0.135. The van der Waals surface area contributed by atoms with Crippen LogP contribution in [0.5, 0.6) is 0 Å². The van der Waals surface area contributed by atoms with Crippen molar-refractivity contribution >= 4 is 21.6 Å². The number of benzene rings is 1. The van der Waals surface area contributed by atoms with Crippen molar-refractivity contribution in [1.82, 2.24) is 0 Å². The molecule has 2 rings (SSSR count). The van der Waals surface area contributed by atoms with Gasteiger partial charge < -0.3 is 14.6 Å². The number of hydrogen-bond donors (Lipinski definition) is 2. The van der Waals surface area contributed by atoms with Crippen molar-refractivity contribution < 1.29 is 32.6 Å². The maximum Gasteiger partial charge on any atom is 0.371 e. The van der Waals surface area contributed by atoms with Gasteiger partial charge in [0.25, 0.3) is 0 Å². The second kappa shape index (κ2) is 5.86. The number of carboxylic acids is 1. The summed E-state index contributed by atoms with van der Waals surface area (Å²) in [5, 5.41) is 17.0. The first-order valence-corrected chi connectivity index (χ1v) is 7.39. The van der Waals surface area contributed by atoms with Crippen LogP contribution in [0.2, 0.25) is 0 Å². The summed E-state index contributed by atoms with van der Waals surface area (Å²) in [5.41, 5.74) is 0. The van der Waals surface area contributed by atoms with E-state index < -0.39 is 38.2 Å². The van der Waals surface area contributed by atoms with Gasteiger partial charge in [0.05, 0.1) is 4.90 Å². The minimum atomic E-state index is -3.91. The molecule has 0 unspecified atom stereocenters. The van der Waals surface area contributed by atoms with E-state index in [4.69, 9.17) is 14.6 Å². The van der Waals surface area contributed by atoms with E-state index in [9.17, 15) is 18.0 Å². The quantitative estimate of drug-likeness (QED) is 0.489. The van der Waals surface area contributed by atoms with Crippen molar-refractivity contribution in [2.24, 2.45) is 0 Å². The Morgan fingerprint density at radius 1 is 1.00 bits per heavy atom. The molecule has 0 aliphatic rings. The van der Waals surface area contributed by atoms with Gasteiger partial charge in [0.2, 0.25) is 26.5 Å². The third-order valence-electron chi connectivity index (χ3n) is 2.63. The van der Waals surface area contributed by atoms with Crippen LogP contribution < -0.4 is 0 Å². The molecule has 1 aromatic carbocycles. The van der Waals surface area contributed by atoms with Crippen LogP contribution in [0, 0.1) is 0 Å². The first-order chi connectivity index (χ1) is 10.3. The molecule has 0 bridgehead atoms. The Morgan fingerprint density at radius 2 is 1.64 bits per heavy atom. The van der Waals surface area contributed by atoms with Gasteiger partial charge in [-0.15, -0.1) is 0 Å². The number of aliphatic carboxylic acids is 1. The van der Waals surface area contributed by atoms with Gasteiger partial charge >= 0.3 is 5.97 Å². The smallest absolute Gasteiger partial charge is 0.371 e. The maximum atomic E-state index is 12.2. The van der Waals surface area contributed by atoms with E-state index in [1.807, 2.05) is 0 Å². The number of allylic oxidation sites excluding steroid dienone is 1. The second-order valence-corrected chi connectivity index (χ2v) is 6.01. The van der Waals surface area contributed by atoms with Crippen molar-refractivity contribution in [3.05, 3.63) is 60.1 Å². The molecule has 0 saturated carbocycles. The normalized spacial score (nSPS) is 12.1. The molecule has 1 heterocycles. The first-order valence-electron chi connectivity index (χ1n) is 5.90. The second-order valence-electron chi connectivity index (χ2n) is 4.13. The third kappa shape index (κ3) is 3.07. The predicted molar refractivity (Wildman–Crippen MR) is 73.3 cm³/mol. The Bertz CT molecular complexity index is 844. The van der Waals surface area contributed by atoms with Crippen LogP contribution >= 0.6 is 0 Å². The zero-order chi connectivity index (χ0) is 16.3. The van der Waals surface area contributed by atoms with Crippen LogP contribution in [-0.2, 0) is 14.6 Å². The molecular formula is C14H10O7S. The van der Waals surface area contributed by atoms with Crippen LogP contribution in [0.1, 0.15) is 10.6 Å². The summed E-state index contributed by atoms with van der Waals surface area (Å²) in [6.45, 7) is 0. The Labute approximate surface area is 125 Å². The first kappa shape index (κ1) is 15.5. The molecule has 0 atom stereocenters. The fraction of sp³-hybridized carbons (Fsp3) is 0. The average molecular weight is 322 g/mol. The van der Waals surface area contributed by atoms with E-state index in [2.05, 4.69) is 0 Å². The molecule has 0 radical (unpaired) electrons. The van der Waals surface area contributed by atoms with Gasteiger partial charge in [0.1, 0.15) is 0 Å². The molecule has 0 aliphatic heterocycles. The van der Waals surface area contributed by atoms with E-state index in [0.29, 0.717) is 6.08 Å². The fourth-order valence-electron chi connectivity index (χ4n) is 1.57. The molecule has 1 aromatic heterocycles. The van der Waals surface area contributed by atoms with Gasteiger partial charge in [-0.25, -0.2) is 13.2 Å². The lowest BCUT2D eigenvalue weighted by Crippen LogP contribution is -2.03. The number of ketones is 1. The van der Waals surface area contributed by atoms with Crippen LogP contribution in [0.4, 0.5) is 0 Å². The zero-order valence-electron chi connectivity index (χ0n) is 11.0. The summed E-state index contributed by atoms with van der Waals surface area (Å²) < 4.78 is 29.4. The summed E-state index contributed by atoms with van der Waals surface area (Å²) in [5.74, 6) is -4.22. The number of carbonyl (C=O) groups is 2. The predicted octanol–water partition coefficient (Wildman–Crippen LogP) is 1.82. The Balaban J connectivity index is 2.35. The van der Waals surface area contributed by atoms with Crippen molar-refractivity contribution in [3.63, 3.8) is 0 Å². The summed E-state index contributed by atoms with van der Waals surface area (Å²) in [6, 6.07) is 9.64. The molecule has 8 heteroatoms. The monoisotopic (exact) mass is 322 g/mol. The van der Waals surface area contributed by atoms with Gasteiger partial charge in [-0.2, -0.15) is 0 Å². The van der Waals surface area contributed by atoms with E-state index in [-0.39, 0.29) is 4.90 Å². The third-order valence-corrected chi connectivity index (χ3v) is 4.27. The molecule has 22 heavy (non-hydrogen) atoms. The summed E-state index contributed by atoms with van der Waals surface area (Å²) in [4.78, 5) is 22.1. The number of rotatable bonds is 5. The van der Waals surface area contributed by atoms with E-state index in [0.717, 1.165) is 12.1 Å². The highest BCUT2D eigenvalue weighted by Gasteiger charge is 2.23. The number of sulfone groups is 1. The molecule has 0 fully saturated rings.